The molecule has 0 amide bonds. The van der Waals surface area contributed by atoms with Crippen LogP contribution in [-0.2, 0) is 13.3 Å². The van der Waals surface area contributed by atoms with E-state index in [1.54, 1.807) is 0 Å². The fourth-order valence-corrected chi connectivity index (χ4v) is 0.431. The van der Waals surface area contributed by atoms with Crippen molar-refractivity contribution in [1.82, 2.24) is 0 Å². The second-order valence-corrected chi connectivity index (χ2v) is 1.86. The Kier molecular flexibility index (Phi) is 7.95. The average Bonchev–Trinajstić information content (AvgIpc) is 1.60. The van der Waals surface area contributed by atoms with Crippen LogP contribution >= 0.6 is 0 Å². The van der Waals surface area contributed by atoms with E-state index in [0.29, 0.717) is 0 Å². The van der Waals surface area contributed by atoms with Crippen LogP contribution in [0.15, 0.2) is 0 Å². The molecule has 0 aliphatic carbocycles. The summed E-state index contributed by atoms with van der Waals surface area (Å²) in [6.45, 7) is 0. The van der Waals surface area contributed by atoms with Gasteiger partial charge in [0.05, 0.1) is 0 Å². The molecule has 56 valence electrons. The van der Waals surface area contributed by atoms with Crippen LogP contribution in [0.5, 0.6) is 0 Å². The van der Waals surface area contributed by atoms with Gasteiger partial charge in [-0.1, -0.05) is 0 Å². The first-order valence-electron chi connectivity index (χ1n) is 1.84. The van der Waals surface area contributed by atoms with Gasteiger partial charge in [0.15, 0.2) is 0 Å². The Morgan fingerprint density at radius 1 is 1.36 bits per heavy atom. The van der Waals surface area contributed by atoms with Gasteiger partial charge >= 0.3 is 53.1 Å². The largest absolute Gasteiger partial charge is 2.00 e. The van der Waals surface area contributed by atoms with Crippen molar-refractivity contribution in [3.05, 3.63) is 0 Å². The van der Waals surface area contributed by atoms with E-state index in [2.05, 4.69) is 8.85 Å². The summed E-state index contributed by atoms with van der Waals surface area (Å²) in [5, 5.41) is 16.7. The van der Waals surface area contributed by atoms with Crippen LogP contribution < -0.4 is 10.2 Å². The average molecular weight is 204 g/mol. The number of hydrogen-bond acceptors (Lipinski definition) is 7. The molecule has 11 heavy (non-hydrogen) atoms. The normalized spacial score (nSPS) is 12.0. The molecule has 1 heterocycles. The standard InChI is InChI=1S/CO4Si.CH2O3.Ca/c2-1-4-6(3)5-1;2-1(3)4;/h;(H2,2,3,4);/q;;+2/p-2. The molecule has 1 fully saturated rings. The maximum atomic E-state index is 9.63. The van der Waals surface area contributed by atoms with Crippen molar-refractivity contribution >= 4 is 59.2 Å². The molecule has 0 aromatic carbocycles. The first-order chi connectivity index (χ1) is 4.52. The number of hydrogen-bond donors (Lipinski definition) is 0. The van der Waals surface area contributed by atoms with Crippen LogP contribution in [0.25, 0.3) is 0 Å². The van der Waals surface area contributed by atoms with Crippen LogP contribution in [0.1, 0.15) is 0 Å². The predicted octanol–water partition coefficient (Wildman–Crippen LogP) is -3.26. The molecule has 1 saturated heterocycles. The first kappa shape index (κ1) is 13.4. The number of carbonyl (C=O) groups is 2. The van der Waals surface area contributed by atoms with Gasteiger partial charge < -0.3 is 23.9 Å². The summed E-state index contributed by atoms with van der Waals surface area (Å²) in [6, 6.07) is 0. The van der Waals surface area contributed by atoms with Gasteiger partial charge in [0.25, 0.3) is 0 Å². The minimum atomic E-state index is -2.34. The second-order valence-electron chi connectivity index (χ2n) is 0.954. The molecular formula is C2CaO7Si. The van der Waals surface area contributed by atoms with Crippen LogP contribution in [0.4, 0.5) is 9.59 Å². The molecule has 0 spiro atoms. The van der Waals surface area contributed by atoms with Crippen molar-refractivity contribution in [3.63, 3.8) is 0 Å². The number of rotatable bonds is 0. The van der Waals surface area contributed by atoms with Gasteiger partial charge in [-0.2, -0.15) is 0 Å². The third-order valence-corrected chi connectivity index (χ3v) is 1.00. The SMILES string of the molecule is O=C([O-])[O-].O=C1O[Si](=O)O1.[Ca+2]. The van der Waals surface area contributed by atoms with Crippen molar-refractivity contribution < 1.29 is 33.1 Å². The van der Waals surface area contributed by atoms with E-state index >= 15 is 0 Å². The Morgan fingerprint density at radius 3 is 1.64 bits per heavy atom. The van der Waals surface area contributed by atoms with Gasteiger partial charge in [-0.15, -0.1) is 0 Å². The first-order valence-corrected chi connectivity index (χ1v) is 3.06. The Morgan fingerprint density at radius 2 is 1.64 bits per heavy atom. The molecule has 7 nitrogen and oxygen atoms in total. The molecule has 0 atom stereocenters. The molecule has 0 aromatic heterocycles. The summed E-state index contributed by atoms with van der Waals surface area (Å²) in [5.74, 6) is 0. The molecule has 0 unspecified atom stereocenters. The van der Waals surface area contributed by atoms with E-state index in [-0.39, 0.29) is 37.7 Å². The molecule has 1 aliphatic heterocycles. The minimum absolute atomic E-state index is 0. The van der Waals surface area contributed by atoms with E-state index in [1.165, 1.54) is 0 Å². The zero-order valence-corrected chi connectivity index (χ0v) is 8.27. The third kappa shape index (κ3) is 9.82. The Balaban J connectivity index is 0. The van der Waals surface area contributed by atoms with Crippen molar-refractivity contribution in [3.8, 4) is 0 Å². The van der Waals surface area contributed by atoms with Crippen molar-refractivity contribution in [2.24, 2.45) is 0 Å². The van der Waals surface area contributed by atoms with Crippen LogP contribution in [-0.4, -0.2) is 59.2 Å². The maximum absolute atomic E-state index is 9.63. The predicted molar refractivity (Wildman–Crippen MR) is 25.2 cm³/mol. The Bertz CT molecular complexity index is 151. The molecule has 0 N–H and O–H groups in total. The van der Waals surface area contributed by atoms with Crippen LogP contribution in [0, 0.1) is 0 Å². The molecule has 0 saturated carbocycles. The second kappa shape index (κ2) is 6.52. The van der Waals surface area contributed by atoms with Gasteiger partial charge in [-0.3, -0.25) is 4.46 Å². The van der Waals surface area contributed by atoms with Gasteiger partial charge in [-0.05, 0) is 6.16 Å². The Labute approximate surface area is 91.8 Å². The van der Waals surface area contributed by atoms with Gasteiger partial charge in [-0.25, -0.2) is 4.79 Å². The summed E-state index contributed by atoms with van der Waals surface area (Å²) in [4.78, 5) is 17.8. The van der Waals surface area contributed by atoms with Crippen molar-refractivity contribution in [2.45, 2.75) is 0 Å². The number of carboxylic acid groups (broad SMARTS) is 2. The molecule has 1 rings (SSSR count). The quantitative estimate of drug-likeness (QED) is 0.380. The van der Waals surface area contributed by atoms with Gasteiger partial charge in [0.2, 0.25) is 0 Å². The maximum Gasteiger partial charge on any atom is 2.00 e. The minimum Gasteiger partial charge on any atom is -0.652 e. The zero-order chi connectivity index (χ0) is 8.15. The van der Waals surface area contributed by atoms with Gasteiger partial charge in [0, 0.05) is 0 Å². The summed E-state index contributed by atoms with van der Waals surface area (Å²) in [5.41, 5.74) is 0. The summed E-state index contributed by atoms with van der Waals surface area (Å²) < 4.78 is 17.3. The fraction of sp³-hybridized carbons (Fsp3) is 0. The van der Waals surface area contributed by atoms with E-state index < -0.39 is 21.5 Å². The summed E-state index contributed by atoms with van der Waals surface area (Å²) >= 11 is 0. The Hall–Kier alpha value is -0.183. The van der Waals surface area contributed by atoms with E-state index in [0.717, 1.165) is 0 Å². The van der Waals surface area contributed by atoms with Crippen LogP contribution in [0.3, 0.4) is 0 Å². The smallest absolute Gasteiger partial charge is 0.652 e. The van der Waals surface area contributed by atoms with E-state index in [4.69, 9.17) is 15.0 Å². The third-order valence-electron chi connectivity index (χ3n) is 0.333. The summed E-state index contributed by atoms with van der Waals surface area (Å²) in [6.07, 6.45) is -3.17. The zero-order valence-electron chi connectivity index (χ0n) is 5.06. The number of carbonyl (C=O) groups excluding carboxylic acids is 2. The topological polar surface area (TPSA) is 116 Å². The summed E-state index contributed by atoms with van der Waals surface area (Å²) in [7, 11) is -2.34. The fourth-order valence-electron chi connectivity index (χ4n) is 0.144. The molecule has 1 aliphatic rings. The van der Waals surface area contributed by atoms with Crippen LogP contribution in [0.2, 0.25) is 0 Å². The van der Waals surface area contributed by atoms with Crippen molar-refractivity contribution in [1.29, 1.82) is 0 Å². The molecule has 0 bridgehead atoms. The molecule has 0 aromatic rings. The molecule has 0 radical (unpaired) electrons. The van der Waals surface area contributed by atoms with E-state index in [9.17, 15) is 9.26 Å². The monoisotopic (exact) mass is 204 g/mol. The van der Waals surface area contributed by atoms with E-state index in [1.807, 2.05) is 0 Å². The van der Waals surface area contributed by atoms with Gasteiger partial charge in [0.1, 0.15) is 0 Å². The molecule has 9 heteroatoms. The molecular weight excluding hydrogens is 204 g/mol. The van der Waals surface area contributed by atoms with Crippen molar-refractivity contribution in [2.75, 3.05) is 0 Å².